The summed E-state index contributed by atoms with van der Waals surface area (Å²) >= 11 is 1.75. The highest BCUT2D eigenvalue weighted by atomic mass is 32.1. The van der Waals surface area contributed by atoms with Crippen molar-refractivity contribution in [3.63, 3.8) is 0 Å². The summed E-state index contributed by atoms with van der Waals surface area (Å²) in [5.41, 5.74) is 1.93. The number of thiophene rings is 1. The SMILES string of the molecule is CCCC(NC)c1ccc(-c2cc(C)cc(F)c2)s1. The zero-order valence-corrected chi connectivity index (χ0v) is 12.5. The van der Waals surface area contributed by atoms with Gasteiger partial charge in [0.05, 0.1) is 0 Å². The summed E-state index contributed by atoms with van der Waals surface area (Å²) in [6.07, 6.45) is 2.27. The van der Waals surface area contributed by atoms with Crippen LogP contribution in [-0.4, -0.2) is 7.05 Å². The van der Waals surface area contributed by atoms with Crippen LogP contribution in [0.25, 0.3) is 10.4 Å². The summed E-state index contributed by atoms with van der Waals surface area (Å²) in [7, 11) is 1.99. The second-order valence-corrected chi connectivity index (χ2v) is 5.96. The molecule has 0 radical (unpaired) electrons. The maximum absolute atomic E-state index is 13.5. The second kappa shape index (κ2) is 6.31. The lowest BCUT2D eigenvalue weighted by molar-refractivity contribution is 0.550. The molecule has 0 fully saturated rings. The maximum Gasteiger partial charge on any atom is 0.124 e. The molecule has 1 unspecified atom stereocenters. The highest BCUT2D eigenvalue weighted by molar-refractivity contribution is 7.15. The second-order valence-electron chi connectivity index (χ2n) is 4.85. The average molecular weight is 277 g/mol. The Labute approximate surface area is 118 Å². The van der Waals surface area contributed by atoms with E-state index in [1.165, 1.54) is 4.88 Å². The van der Waals surface area contributed by atoms with Gasteiger partial charge in [-0.1, -0.05) is 19.4 Å². The van der Waals surface area contributed by atoms with Gasteiger partial charge in [-0.2, -0.15) is 0 Å². The predicted molar refractivity (Wildman–Crippen MR) is 81.2 cm³/mol. The van der Waals surface area contributed by atoms with Gasteiger partial charge >= 0.3 is 0 Å². The van der Waals surface area contributed by atoms with E-state index in [2.05, 4.69) is 24.4 Å². The fourth-order valence-corrected chi connectivity index (χ4v) is 3.43. The van der Waals surface area contributed by atoms with E-state index in [1.54, 1.807) is 23.5 Å². The van der Waals surface area contributed by atoms with Crippen molar-refractivity contribution in [2.24, 2.45) is 0 Å². The van der Waals surface area contributed by atoms with E-state index >= 15 is 0 Å². The molecular weight excluding hydrogens is 257 g/mol. The van der Waals surface area contributed by atoms with Crippen LogP contribution in [0.1, 0.15) is 36.2 Å². The van der Waals surface area contributed by atoms with Crippen molar-refractivity contribution in [3.05, 3.63) is 46.6 Å². The first-order valence-corrected chi connectivity index (χ1v) is 7.50. The number of nitrogens with one attached hydrogen (secondary N) is 1. The highest BCUT2D eigenvalue weighted by Gasteiger charge is 2.12. The summed E-state index contributed by atoms with van der Waals surface area (Å²) < 4.78 is 13.5. The lowest BCUT2D eigenvalue weighted by Crippen LogP contribution is -2.14. The highest BCUT2D eigenvalue weighted by Crippen LogP contribution is 2.33. The summed E-state index contributed by atoms with van der Waals surface area (Å²) in [6.45, 7) is 4.11. The zero-order valence-electron chi connectivity index (χ0n) is 11.7. The Balaban J connectivity index is 2.29. The minimum absolute atomic E-state index is 0.163. The van der Waals surface area contributed by atoms with E-state index in [0.717, 1.165) is 28.8 Å². The largest absolute Gasteiger partial charge is 0.312 e. The van der Waals surface area contributed by atoms with E-state index in [-0.39, 0.29) is 5.82 Å². The Morgan fingerprint density at radius 2 is 2.05 bits per heavy atom. The minimum atomic E-state index is -0.163. The van der Waals surface area contributed by atoms with Crippen molar-refractivity contribution in [1.29, 1.82) is 0 Å². The molecule has 2 rings (SSSR count). The molecule has 0 saturated heterocycles. The van der Waals surface area contributed by atoms with E-state index in [4.69, 9.17) is 0 Å². The Bertz CT molecular complexity index is 527. The molecule has 0 amide bonds. The monoisotopic (exact) mass is 277 g/mol. The zero-order chi connectivity index (χ0) is 13.8. The molecule has 0 aliphatic rings. The van der Waals surface area contributed by atoms with Gasteiger partial charge in [-0.05, 0) is 55.8 Å². The van der Waals surface area contributed by atoms with E-state index in [9.17, 15) is 4.39 Å². The standard InChI is InChI=1S/C16H20FNS/c1-4-5-14(18-3)16-7-6-15(19-16)12-8-11(2)9-13(17)10-12/h6-10,14,18H,4-5H2,1-3H3. The fraction of sp³-hybridized carbons (Fsp3) is 0.375. The number of hydrogen-bond acceptors (Lipinski definition) is 2. The first-order valence-electron chi connectivity index (χ1n) is 6.68. The maximum atomic E-state index is 13.5. The Hall–Kier alpha value is -1.19. The third kappa shape index (κ3) is 3.43. The van der Waals surface area contributed by atoms with Crippen LogP contribution in [0.3, 0.4) is 0 Å². The molecule has 1 aromatic heterocycles. The fourth-order valence-electron chi connectivity index (χ4n) is 2.29. The molecular formula is C16H20FNS. The number of hydrogen-bond donors (Lipinski definition) is 1. The van der Waals surface area contributed by atoms with Gasteiger partial charge in [-0.15, -0.1) is 11.3 Å². The topological polar surface area (TPSA) is 12.0 Å². The molecule has 1 aromatic carbocycles. The summed E-state index contributed by atoms with van der Waals surface area (Å²) in [6, 6.07) is 9.85. The lowest BCUT2D eigenvalue weighted by atomic mass is 10.1. The van der Waals surface area contributed by atoms with E-state index < -0.39 is 0 Å². The van der Waals surface area contributed by atoms with Crippen LogP contribution in [0.4, 0.5) is 4.39 Å². The molecule has 19 heavy (non-hydrogen) atoms. The molecule has 0 saturated carbocycles. The van der Waals surface area contributed by atoms with Gasteiger partial charge in [-0.3, -0.25) is 0 Å². The molecule has 1 atom stereocenters. The molecule has 1 N–H and O–H groups in total. The quantitative estimate of drug-likeness (QED) is 0.817. The van der Waals surface area contributed by atoms with Crippen LogP contribution in [0.15, 0.2) is 30.3 Å². The van der Waals surface area contributed by atoms with Crippen molar-refractivity contribution in [1.82, 2.24) is 5.32 Å². The van der Waals surface area contributed by atoms with Crippen LogP contribution >= 0.6 is 11.3 Å². The van der Waals surface area contributed by atoms with Crippen molar-refractivity contribution >= 4 is 11.3 Å². The summed E-state index contributed by atoms with van der Waals surface area (Å²) in [5.74, 6) is -0.163. The third-order valence-corrected chi connectivity index (χ3v) is 4.47. The van der Waals surface area contributed by atoms with Gasteiger partial charge in [0.2, 0.25) is 0 Å². The van der Waals surface area contributed by atoms with Gasteiger partial charge in [0.15, 0.2) is 0 Å². The molecule has 1 heterocycles. The van der Waals surface area contributed by atoms with Crippen LogP contribution in [0, 0.1) is 12.7 Å². The van der Waals surface area contributed by atoms with E-state index in [0.29, 0.717) is 6.04 Å². The van der Waals surface area contributed by atoms with Gasteiger partial charge in [0.25, 0.3) is 0 Å². The normalized spacial score (nSPS) is 12.6. The Morgan fingerprint density at radius 3 is 2.68 bits per heavy atom. The Morgan fingerprint density at radius 1 is 1.26 bits per heavy atom. The molecule has 3 heteroatoms. The molecule has 2 aromatic rings. The third-order valence-electron chi connectivity index (χ3n) is 3.22. The first kappa shape index (κ1) is 14.2. The minimum Gasteiger partial charge on any atom is -0.312 e. The number of rotatable bonds is 5. The van der Waals surface area contributed by atoms with Gasteiger partial charge < -0.3 is 5.32 Å². The molecule has 0 spiro atoms. The molecule has 0 aliphatic heterocycles. The summed E-state index contributed by atoms with van der Waals surface area (Å²) in [4.78, 5) is 2.45. The van der Waals surface area contributed by atoms with Gasteiger partial charge in [0.1, 0.15) is 5.82 Å². The van der Waals surface area contributed by atoms with Crippen molar-refractivity contribution in [2.75, 3.05) is 7.05 Å². The molecule has 1 nitrogen and oxygen atoms in total. The predicted octanol–water partition coefficient (Wildman–Crippen LogP) is 4.92. The molecule has 102 valence electrons. The number of halogens is 1. The Kier molecular flexibility index (Phi) is 4.72. The molecule has 0 aliphatic carbocycles. The number of aryl methyl sites for hydroxylation is 1. The average Bonchev–Trinajstić information content (AvgIpc) is 2.84. The van der Waals surface area contributed by atoms with Crippen LogP contribution in [0.5, 0.6) is 0 Å². The summed E-state index contributed by atoms with van der Waals surface area (Å²) in [5, 5.41) is 3.34. The van der Waals surface area contributed by atoms with Crippen LogP contribution < -0.4 is 5.32 Å². The first-order chi connectivity index (χ1) is 9.13. The van der Waals surface area contributed by atoms with Crippen molar-refractivity contribution in [3.8, 4) is 10.4 Å². The van der Waals surface area contributed by atoms with Crippen molar-refractivity contribution in [2.45, 2.75) is 32.7 Å². The molecule has 0 bridgehead atoms. The van der Waals surface area contributed by atoms with Crippen LogP contribution in [-0.2, 0) is 0 Å². The van der Waals surface area contributed by atoms with Crippen LogP contribution in [0.2, 0.25) is 0 Å². The number of benzene rings is 1. The smallest absolute Gasteiger partial charge is 0.124 e. The van der Waals surface area contributed by atoms with Crippen molar-refractivity contribution < 1.29 is 4.39 Å². The van der Waals surface area contributed by atoms with E-state index in [1.807, 2.05) is 20.0 Å². The van der Waals surface area contributed by atoms with Gasteiger partial charge in [-0.25, -0.2) is 4.39 Å². The van der Waals surface area contributed by atoms with Gasteiger partial charge in [0, 0.05) is 15.8 Å². The lowest BCUT2D eigenvalue weighted by Gasteiger charge is -2.12.